The maximum Gasteiger partial charge on any atom is 0.358 e. The normalized spacial score (nSPS) is 10.6. The monoisotopic (exact) mass is 351 g/mol. The van der Waals surface area contributed by atoms with Gasteiger partial charge in [-0.3, -0.25) is 9.67 Å². The Labute approximate surface area is 152 Å². The second-order valence-electron chi connectivity index (χ2n) is 5.81. The van der Waals surface area contributed by atoms with Crippen LogP contribution in [0, 0.1) is 6.92 Å². The van der Waals surface area contributed by atoms with Crippen LogP contribution in [0.4, 0.5) is 0 Å². The van der Waals surface area contributed by atoms with Crippen molar-refractivity contribution in [1.82, 2.24) is 14.8 Å². The number of hydrogen-bond acceptors (Lipinski definition) is 5. The number of methoxy groups -OCH3 is 1. The third kappa shape index (κ3) is 3.91. The van der Waals surface area contributed by atoms with Gasteiger partial charge >= 0.3 is 5.97 Å². The Morgan fingerprint density at radius 2 is 1.92 bits per heavy atom. The second-order valence-corrected chi connectivity index (χ2v) is 5.81. The average molecular weight is 351 g/mol. The number of aryl methyl sites for hydroxylation is 1. The Kier molecular flexibility index (Phi) is 5.31. The van der Waals surface area contributed by atoms with Gasteiger partial charge in [-0.1, -0.05) is 18.2 Å². The number of carbonyl (C=O) groups excluding carboxylic acids is 1. The van der Waals surface area contributed by atoms with E-state index in [9.17, 15) is 4.79 Å². The summed E-state index contributed by atoms with van der Waals surface area (Å²) in [6.07, 6.45) is 0. The van der Waals surface area contributed by atoms with Crippen LogP contribution in [0.1, 0.15) is 28.7 Å². The maximum absolute atomic E-state index is 12.1. The molecule has 0 amide bonds. The lowest BCUT2D eigenvalue weighted by molar-refractivity contribution is 0.0518. The fourth-order valence-electron chi connectivity index (χ4n) is 2.64. The van der Waals surface area contributed by atoms with Gasteiger partial charge < -0.3 is 9.47 Å². The molecule has 0 spiro atoms. The molecule has 0 aliphatic heterocycles. The second kappa shape index (κ2) is 7.82. The van der Waals surface area contributed by atoms with E-state index in [-0.39, 0.29) is 5.69 Å². The first-order valence-corrected chi connectivity index (χ1v) is 8.42. The molecule has 1 aromatic carbocycles. The molecule has 2 aromatic heterocycles. The standard InChI is InChI=1S/C20H21N3O3/c1-4-26-20(24)18-12-19(17-7-5-6-14(2)21-17)23(22-18)13-15-8-10-16(25-3)11-9-15/h5-12H,4,13H2,1-3H3. The lowest BCUT2D eigenvalue weighted by atomic mass is 10.2. The van der Waals surface area contributed by atoms with E-state index in [0.717, 1.165) is 28.4 Å². The van der Waals surface area contributed by atoms with E-state index in [2.05, 4.69) is 10.1 Å². The van der Waals surface area contributed by atoms with E-state index in [1.165, 1.54) is 0 Å². The number of benzene rings is 1. The van der Waals surface area contributed by atoms with Crippen molar-refractivity contribution in [2.75, 3.05) is 13.7 Å². The Morgan fingerprint density at radius 1 is 1.15 bits per heavy atom. The van der Waals surface area contributed by atoms with E-state index in [0.29, 0.717) is 13.2 Å². The van der Waals surface area contributed by atoms with Gasteiger partial charge in [0.05, 0.1) is 31.6 Å². The Hall–Kier alpha value is -3.15. The summed E-state index contributed by atoms with van der Waals surface area (Å²) in [7, 11) is 1.63. The molecular formula is C20H21N3O3. The molecule has 6 nitrogen and oxygen atoms in total. The van der Waals surface area contributed by atoms with Gasteiger partial charge in [-0.05, 0) is 43.7 Å². The highest BCUT2D eigenvalue weighted by Gasteiger charge is 2.17. The van der Waals surface area contributed by atoms with E-state index >= 15 is 0 Å². The summed E-state index contributed by atoms with van der Waals surface area (Å²) in [4.78, 5) is 16.7. The summed E-state index contributed by atoms with van der Waals surface area (Å²) in [5, 5.41) is 4.44. The average Bonchev–Trinajstić information content (AvgIpc) is 3.06. The van der Waals surface area contributed by atoms with Gasteiger partial charge in [0.1, 0.15) is 5.75 Å². The van der Waals surface area contributed by atoms with Gasteiger partial charge in [0.25, 0.3) is 0 Å². The van der Waals surface area contributed by atoms with Crippen LogP contribution >= 0.6 is 0 Å². The van der Waals surface area contributed by atoms with Crippen LogP contribution in [-0.4, -0.2) is 34.5 Å². The highest BCUT2D eigenvalue weighted by molar-refractivity contribution is 5.88. The quantitative estimate of drug-likeness (QED) is 0.636. The molecular weight excluding hydrogens is 330 g/mol. The van der Waals surface area contributed by atoms with Crippen molar-refractivity contribution in [3.8, 4) is 17.1 Å². The molecule has 2 heterocycles. The van der Waals surface area contributed by atoms with Crippen molar-refractivity contribution >= 4 is 5.97 Å². The van der Waals surface area contributed by atoms with Crippen LogP contribution in [0.2, 0.25) is 0 Å². The molecule has 26 heavy (non-hydrogen) atoms. The minimum Gasteiger partial charge on any atom is -0.497 e. The third-order valence-corrected chi connectivity index (χ3v) is 3.91. The highest BCUT2D eigenvalue weighted by Crippen LogP contribution is 2.21. The number of hydrogen-bond donors (Lipinski definition) is 0. The number of carbonyl (C=O) groups is 1. The molecule has 134 valence electrons. The zero-order valence-corrected chi connectivity index (χ0v) is 15.1. The molecule has 0 unspecified atom stereocenters. The van der Waals surface area contributed by atoms with Crippen molar-refractivity contribution in [2.45, 2.75) is 20.4 Å². The Morgan fingerprint density at radius 3 is 2.58 bits per heavy atom. The number of aromatic nitrogens is 3. The minimum absolute atomic E-state index is 0.277. The Balaban J connectivity index is 1.99. The summed E-state index contributed by atoms with van der Waals surface area (Å²) in [6.45, 7) is 4.52. The van der Waals surface area contributed by atoms with Crippen LogP contribution < -0.4 is 4.74 Å². The fraction of sp³-hybridized carbons (Fsp3) is 0.250. The summed E-state index contributed by atoms with van der Waals surface area (Å²) in [5.41, 5.74) is 3.75. The molecule has 0 aliphatic carbocycles. The van der Waals surface area contributed by atoms with E-state index in [1.54, 1.807) is 24.8 Å². The molecule has 0 saturated carbocycles. The molecule has 0 radical (unpaired) electrons. The first kappa shape index (κ1) is 17.7. The lowest BCUT2D eigenvalue weighted by Gasteiger charge is -2.08. The molecule has 3 rings (SSSR count). The van der Waals surface area contributed by atoms with Gasteiger partial charge in [0.15, 0.2) is 5.69 Å². The molecule has 0 saturated heterocycles. The van der Waals surface area contributed by atoms with Crippen molar-refractivity contribution < 1.29 is 14.3 Å². The maximum atomic E-state index is 12.1. The number of rotatable bonds is 6. The smallest absolute Gasteiger partial charge is 0.358 e. The molecule has 0 N–H and O–H groups in total. The van der Waals surface area contributed by atoms with Crippen LogP contribution in [0.3, 0.4) is 0 Å². The highest BCUT2D eigenvalue weighted by atomic mass is 16.5. The van der Waals surface area contributed by atoms with Gasteiger partial charge in [-0.2, -0.15) is 5.10 Å². The van der Waals surface area contributed by atoms with E-state index < -0.39 is 5.97 Å². The summed E-state index contributed by atoms with van der Waals surface area (Å²) < 4.78 is 12.1. The van der Waals surface area contributed by atoms with Gasteiger partial charge in [-0.25, -0.2) is 4.79 Å². The van der Waals surface area contributed by atoms with E-state index in [1.807, 2.05) is 49.4 Å². The van der Waals surface area contributed by atoms with Crippen LogP contribution in [-0.2, 0) is 11.3 Å². The Bertz CT molecular complexity index is 901. The van der Waals surface area contributed by atoms with Crippen LogP contribution in [0.25, 0.3) is 11.4 Å². The van der Waals surface area contributed by atoms with Crippen molar-refractivity contribution in [3.63, 3.8) is 0 Å². The van der Waals surface area contributed by atoms with Gasteiger partial charge in [-0.15, -0.1) is 0 Å². The zero-order chi connectivity index (χ0) is 18.5. The van der Waals surface area contributed by atoms with Gasteiger partial charge in [0, 0.05) is 11.8 Å². The van der Waals surface area contributed by atoms with E-state index in [4.69, 9.17) is 9.47 Å². The SMILES string of the molecule is CCOC(=O)c1cc(-c2cccc(C)n2)n(Cc2ccc(OC)cc2)n1. The summed E-state index contributed by atoms with van der Waals surface area (Å²) in [5.74, 6) is 0.358. The molecule has 0 atom stereocenters. The largest absolute Gasteiger partial charge is 0.497 e. The first-order valence-electron chi connectivity index (χ1n) is 8.42. The number of pyridine rings is 1. The topological polar surface area (TPSA) is 66.2 Å². The predicted molar refractivity (Wildman–Crippen MR) is 98.2 cm³/mol. The van der Waals surface area contributed by atoms with Crippen molar-refractivity contribution in [1.29, 1.82) is 0 Å². The summed E-state index contributed by atoms with van der Waals surface area (Å²) >= 11 is 0. The number of esters is 1. The lowest BCUT2D eigenvalue weighted by Crippen LogP contribution is -2.08. The van der Waals surface area contributed by atoms with Crippen LogP contribution in [0.15, 0.2) is 48.5 Å². The molecule has 6 heteroatoms. The minimum atomic E-state index is -0.435. The fourth-order valence-corrected chi connectivity index (χ4v) is 2.64. The predicted octanol–water partition coefficient (Wildman–Crippen LogP) is 3.49. The third-order valence-electron chi connectivity index (χ3n) is 3.91. The zero-order valence-electron chi connectivity index (χ0n) is 15.1. The molecule has 0 aliphatic rings. The van der Waals surface area contributed by atoms with Crippen LogP contribution in [0.5, 0.6) is 5.75 Å². The molecule has 0 fully saturated rings. The number of nitrogens with zero attached hydrogens (tertiary/aromatic N) is 3. The first-order chi connectivity index (χ1) is 12.6. The van der Waals surface area contributed by atoms with Crippen molar-refractivity contribution in [3.05, 3.63) is 65.5 Å². The van der Waals surface area contributed by atoms with Crippen molar-refractivity contribution in [2.24, 2.45) is 0 Å². The summed E-state index contributed by atoms with van der Waals surface area (Å²) in [6, 6.07) is 15.2. The molecule has 3 aromatic rings. The van der Waals surface area contributed by atoms with Gasteiger partial charge in [0.2, 0.25) is 0 Å². The molecule has 0 bridgehead atoms. The number of ether oxygens (including phenoxy) is 2.